The van der Waals surface area contributed by atoms with E-state index in [-0.39, 0.29) is 10.7 Å². The van der Waals surface area contributed by atoms with Crippen molar-refractivity contribution in [2.24, 2.45) is 0 Å². The number of aromatic nitrogens is 1. The normalized spacial score (nSPS) is 11.1. The Bertz CT molecular complexity index is 712. The number of methoxy groups -OCH3 is 1. The fourth-order valence-electron chi connectivity index (χ4n) is 1.66. The Hall–Kier alpha value is -2.28. The van der Waals surface area contributed by atoms with Crippen molar-refractivity contribution in [1.29, 1.82) is 0 Å². The summed E-state index contributed by atoms with van der Waals surface area (Å²) in [5.41, 5.74) is 6.74. The number of pyridine rings is 1. The Morgan fingerprint density at radius 2 is 2.00 bits per heavy atom. The Labute approximate surface area is 117 Å². The molecular weight excluding hydrogens is 278 g/mol. The molecule has 0 spiro atoms. The first-order valence-corrected chi connectivity index (χ1v) is 7.29. The second-order valence-electron chi connectivity index (χ2n) is 4.23. The first kappa shape index (κ1) is 14.1. The molecule has 6 nitrogen and oxygen atoms in total. The number of hydrogen-bond donors (Lipinski definition) is 2. The molecule has 0 amide bonds. The smallest absolute Gasteiger partial charge is 0.263 e. The van der Waals surface area contributed by atoms with Gasteiger partial charge in [0.15, 0.2) is 0 Å². The molecule has 1 aromatic carbocycles. The Kier molecular flexibility index (Phi) is 3.80. The van der Waals surface area contributed by atoms with Crippen LogP contribution in [0, 0.1) is 6.92 Å². The van der Waals surface area contributed by atoms with Gasteiger partial charge in [-0.15, -0.1) is 0 Å². The fourth-order valence-corrected chi connectivity index (χ4v) is 2.66. The summed E-state index contributed by atoms with van der Waals surface area (Å²) in [6.45, 7) is 1.86. The van der Waals surface area contributed by atoms with E-state index in [0.29, 0.717) is 11.4 Å². The van der Waals surface area contributed by atoms with Gasteiger partial charge < -0.3 is 10.5 Å². The number of ether oxygens (including phenoxy) is 1. The van der Waals surface area contributed by atoms with Crippen molar-refractivity contribution >= 4 is 21.5 Å². The van der Waals surface area contributed by atoms with Gasteiger partial charge >= 0.3 is 0 Å². The molecule has 1 heterocycles. The minimum Gasteiger partial charge on any atom is -0.495 e. The van der Waals surface area contributed by atoms with Crippen molar-refractivity contribution in [1.82, 2.24) is 4.98 Å². The zero-order valence-electron chi connectivity index (χ0n) is 11.1. The SMILES string of the molecule is COc1ccc(C)cc1NS(=O)(=O)c1ccc(N)nc1. The summed E-state index contributed by atoms with van der Waals surface area (Å²) < 4.78 is 32.1. The standard InChI is InChI=1S/C13H15N3O3S/c1-9-3-5-12(19-2)11(7-9)16-20(17,18)10-4-6-13(14)15-8-10/h3-8,16H,1-2H3,(H2,14,15). The lowest BCUT2D eigenvalue weighted by Gasteiger charge is -2.12. The number of rotatable bonds is 4. The summed E-state index contributed by atoms with van der Waals surface area (Å²) >= 11 is 0. The number of nitrogens with zero attached hydrogens (tertiary/aromatic N) is 1. The molecule has 3 N–H and O–H groups in total. The molecule has 106 valence electrons. The highest BCUT2D eigenvalue weighted by atomic mass is 32.2. The second-order valence-corrected chi connectivity index (χ2v) is 5.91. The van der Waals surface area contributed by atoms with Gasteiger partial charge in [0.1, 0.15) is 16.5 Å². The van der Waals surface area contributed by atoms with Crippen LogP contribution in [0.15, 0.2) is 41.4 Å². The number of anilines is 2. The van der Waals surface area contributed by atoms with Crippen LogP contribution in [0.4, 0.5) is 11.5 Å². The molecule has 0 saturated heterocycles. The molecule has 0 fully saturated rings. The number of hydrogen-bond acceptors (Lipinski definition) is 5. The lowest BCUT2D eigenvalue weighted by molar-refractivity contribution is 0.417. The highest BCUT2D eigenvalue weighted by molar-refractivity contribution is 7.92. The Morgan fingerprint density at radius 1 is 1.25 bits per heavy atom. The van der Waals surface area contributed by atoms with Gasteiger partial charge in [0.25, 0.3) is 10.0 Å². The van der Waals surface area contributed by atoms with Crippen molar-refractivity contribution in [2.75, 3.05) is 17.6 Å². The second kappa shape index (κ2) is 5.38. The summed E-state index contributed by atoms with van der Waals surface area (Å²) in [5, 5.41) is 0. The highest BCUT2D eigenvalue weighted by Crippen LogP contribution is 2.27. The maximum atomic E-state index is 12.2. The maximum Gasteiger partial charge on any atom is 0.263 e. The minimum atomic E-state index is -3.73. The van der Waals surface area contributed by atoms with Crippen LogP contribution >= 0.6 is 0 Å². The van der Waals surface area contributed by atoms with E-state index in [2.05, 4.69) is 9.71 Å². The van der Waals surface area contributed by atoms with Gasteiger partial charge in [-0.3, -0.25) is 4.72 Å². The molecule has 0 aliphatic heterocycles. The lowest BCUT2D eigenvalue weighted by Crippen LogP contribution is -2.14. The molecule has 0 unspecified atom stereocenters. The number of aryl methyl sites for hydroxylation is 1. The van der Waals surface area contributed by atoms with E-state index < -0.39 is 10.0 Å². The predicted octanol–water partition coefficient (Wildman–Crippen LogP) is 1.78. The molecule has 2 rings (SSSR count). The molecule has 0 radical (unpaired) electrons. The third-order valence-electron chi connectivity index (χ3n) is 2.67. The zero-order valence-corrected chi connectivity index (χ0v) is 11.9. The molecule has 0 bridgehead atoms. The topological polar surface area (TPSA) is 94.3 Å². The van der Waals surface area contributed by atoms with Crippen LogP contribution in [0.5, 0.6) is 5.75 Å². The summed E-state index contributed by atoms with van der Waals surface area (Å²) in [7, 11) is -2.25. The Morgan fingerprint density at radius 3 is 2.60 bits per heavy atom. The van der Waals surface area contributed by atoms with Crippen LogP contribution in [0.3, 0.4) is 0 Å². The molecule has 7 heteroatoms. The third-order valence-corrected chi connectivity index (χ3v) is 4.02. The molecule has 2 aromatic rings. The largest absolute Gasteiger partial charge is 0.495 e. The average molecular weight is 293 g/mol. The quantitative estimate of drug-likeness (QED) is 0.896. The molecule has 20 heavy (non-hydrogen) atoms. The minimum absolute atomic E-state index is 0.0373. The van der Waals surface area contributed by atoms with E-state index in [1.807, 2.05) is 13.0 Å². The summed E-state index contributed by atoms with van der Waals surface area (Å²) in [4.78, 5) is 3.81. The highest BCUT2D eigenvalue weighted by Gasteiger charge is 2.17. The third kappa shape index (κ3) is 3.00. The first-order chi connectivity index (χ1) is 9.42. The van der Waals surface area contributed by atoms with E-state index in [4.69, 9.17) is 10.5 Å². The van der Waals surface area contributed by atoms with Gasteiger partial charge in [-0.1, -0.05) is 6.07 Å². The predicted molar refractivity (Wildman–Crippen MR) is 77.2 cm³/mol. The Balaban J connectivity index is 2.37. The molecule has 0 aliphatic carbocycles. The van der Waals surface area contributed by atoms with Gasteiger partial charge in [-0.2, -0.15) is 0 Å². The van der Waals surface area contributed by atoms with E-state index in [1.165, 1.54) is 25.4 Å². The van der Waals surface area contributed by atoms with Gasteiger partial charge in [-0.05, 0) is 36.8 Å². The summed E-state index contributed by atoms with van der Waals surface area (Å²) in [5.74, 6) is 0.708. The van der Waals surface area contributed by atoms with Crippen LogP contribution in [0.1, 0.15) is 5.56 Å². The van der Waals surface area contributed by atoms with Gasteiger partial charge in [-0.25, -0.2) is 13.4 Å². The fraction of sp³-hybridized carbons (Fsp3) is 0.154. The van der Waals surface area contributed by atoms with E-state index in [0.717, 1.165) is 5.56 Å². The van der Waals surface area contributed by atoms with Crippen LogP contribution in [0.2, 0.25) is 0 Å². The molecule has 0 atom stereocenters. The van der Waals surface area contributed by atoms with Crippen LogP contribution in [0.25, 0.3) is 0 Å². The van der Waals surface area contributed by atoms with Gasteiger partial charge in [0.2, 0.25) is 0 Å². The molecule has 1 aromatic heterocycles. The van der Waals surface area contributed by atoms with E-state index in [9.17, 15) is 8.42 Å². The van der Waals surface area contributed by atoms with Crippen LogP contribution < -0.4 is 15.2 Å². The van der Waals surface area contributed by atoms with Gasteiger partial charge in [0.05, 0.1) is 12.8 Å². The van der Waals surface area contributed by atoms with Crippen molar-refractivity contribution in [3.63, 3.8) is 0 Å². The van der Waals surface area contributed by atoms with Gasteiger partial charge in [0, 0.05) is 6.20 Å². The average Bonchev–Trinajstić information content (AvgIpc) is 2.39. The van der Waals surface area contributed by atoms with Crippen molar-refractivity contribution < 1.29 is 13.2 Å². The van der Waals surface area contributed by atoms with Crippen LogP contribution in [-0.2, 0) is 10.0 Å². The number of sulfonamides is 1. The zero-order chi connectivity index (χ0) is 14.8. The van der Waals surface area contributed by atoms with Crippen molar-refractivity contribution in [3.8, 4) is 5.75 Å². The molecular formula is C13H15N3O3S. The summed E-state index contributed by atoms with van der Waals surface area (Å²) in [6.07, 6.45) is 1.21. The lowest BCUT2D eigenvalue weighted by atomic mass is 10.2. The molecule has 0 saturated carbocycles. The number of nitrogen functional groups attached to an aromatic ring is 1. The van der Waals surface area contributed by atoms with E-state index >= 15 is 0 Å². The van der Waals surface area contributed by atoms with Crippen molar-refractivity contribution in [3.05, 3.63) is 42.1 Å². The monoisotopic (exact) mass is 293 g/mol. The molecule has 0 aliphatic rings. The van der Waals surface area contributed by atoms with E-state index in [1.54, 1.807) is 12.1 Å². The first-order valence-electron chi connectivity index (χ1n) is 5.81. The number of nitrogens with two attached hydrogens (primary N) is 1. The number of nitrogens with one attached hydrogen (secondary N) is 1. The van der Waals surface area contributed by atoms with Crippen LogP contribution in [-0.4, -0.2) is 20.5 Å². The number of benzene rings is 1. The van der Waals surface area contributed by atoms with Crippen molar-refractivity contribution in [2.45, 2.75) is 11.8 Å². The summed E-state index contributed by atoms with van der Waals surface area (Å²) in [6, 6.07) is 8.06. The maximum absolute atomic E-state index is 12.2.